The minimum atomic E-state index is 0.0549. The maximum absolute atomic E-state index is 9.09. The summed E-state index contributed by atoms with van der Waals surface area (Å²) in [4.78, 5) is 0. The molecule has 1 aromatic rings. The lowest BCUT2D eigenvalue weighted by molar-refractivity contribution is 0.214. The van der Waals surface area contributed by atoms with E-state index in [9.17, 15) is 0 Å². The van der Waals surface area contributed by atoms with Crippen LogP contribution in [0.2, 0.25) is 0 Å². The summed E-state index contributed by atoms with van der Waals surface area (Å²) in [5.74, 6) is 0. The minimum Gasteiger partial charge on any atom is -0.396 e. The average molecular weight is 221 g/mol. The van der Waals surface area contributed by atoms with Crippen LogP contribution in [0.3, 0.4) is 0 Å². The predicted molar refractivity (Wildman–Crippen MR) is 68.5 cm³/mol. The molecule has 0 saturated carbocycles. The molecule has 0 aliphatic heterocycles. The molecule has 16 heavy (non-hydrogen) atoms. The molecule has 1 aromatic carbocycles. The molecule has 0 saturated heterocycles. The van der Waals surface area contributed by atoms with E-state index in [4.69, 9.17) is 5.11 Å². The Balaban J connectivity index is 2.49. The van der Waals surface area contributed by atoms with Gasteiger partial charge in [-0.3, -0.25) is 0 Å². The highest BCUT2D eigenvalue weighted by atomic mass is 16.3. The van der Waals surface area contributed by atoms with Crippen molar-refractivity contribution in [3.63, 3.8) is 0 Å². The maximum atomic E-state index is 9.09. The van der Waals surface area contributed by atoms with Crippen molar-refractivity contribution in [2.75, 3.05) is 13.2 Å². The highest BCUT2D eigenvalue weighted by Crippen LogP contribution is 2.17. The number of rotatable bonds is 7. The van der Waals surface area contributed by atoms with Crippen LogP contribution in [-0.2, 0) is 6.42 Å². The van der Waals surface area contributed by atoms with E-state index in [0.717, 1.165) is 25.8 Å². The molecule has 1 unspecified atom stereocenters. The first-order chi connectivity index (χ1) is 7.70. The van der Waals surface area contributed by atoms with Gasteiger partial charge in [-0.25, -0.2) is 0 Å². The van der Waals surface area contributed by atoms with Gasteiger partial charge < -0.3 is 10.4 Å². The van der Waals surface area contributed by atoms with Crippen molar-refractivity contribution in [1.29, 1.82) is 0 Å². The molecule has 2 N–H and O–H groups in total. The topological polar surface area (TPSA) is 32.3 Å². The summed E-state index contributed by atoms with van der Waals surface area (Å²) in [7, 11) is 0. The fourth-order valence-corrected chi connectivity index (χ4v) is 2.04. The molecule has 0 spiro atoms. The van der Waals surface area contributed by atoms with Crippen LogP contribution in [0.5, 0.6) is 0 Å². The highest BCUT2D eigenvalue weighted by Gasteiger charge is 2.21. The average Bonchev–Trinajstić information content (AvgIpc) is 2.29. The Hall–Kier alpha value is -0.860. The van der Waals surface area contributed by atoms with Gasteiger partial charge in [0, 0.05) is 12.1 Å². The molecule has 0 heterocycles. The Morgan fingerprint density at radius 1 is 1.19 bits per heavy atom. The van der Waals surface area contributed by atoms with E-state index in [0.29, 0.717) is 0 Å². The van der Waals surface area contributed by atoms with Crippen LogP contribution in [-0.4, -0.2) is 23.8 Å². The van der Waals surface area contributed by atoms with Crippen LogP contribution in [0.15, 0.2) is 30.3 Å². The number of aryl methyl sites for hydroxylation is 1. The van der Waals surface area contributed by atoms with Gasteiger partial charge in [0.25, 0.3) is 0 Å². The van der Waals surface area contributed by atoms with E-state index >= 15 is 0 Å². The van der Waals surface area contributed by atoms with Gasteiger partial charge in [-0.15, -0.1) is 0 Å². The van der Waals surface area contributed by atoms with E-state index in [1.807, 2.05) is 6.07 Å². The van der Waals surface area contributed by atoms with Crippen LogP contribution >= 0.6 is 0 Å². The monoisotopic (exact) mass is 221 g/mol. The maximum Gasteiger partial charge on any atom is 0.0448 e. The summed E-state index contributed by atoms with van der Waals surface area (Å²) in [5, 5.41) is 12.6. The molecular formula is C14H23NO. The molecule has 2 nitrogen and oxygen atoms in total. The van der Waals surface area contributed by atoms with Crippen LogP contribution in [0, 0.1) is 0 Å². The van der Waals surface area contributed by atoms with Crippen LogP contribution in [0.4, 0.5) is 0 Å². The largest absolute Gasteiger partial charge is 0.396 e. The number of benzene rings is 1. The lowest BCUT2D eigenvalue weighted by atomic mass is 9.90. The van der Waals surface area contributed by atoms with Crippen molar-refractivity contribution < 1.29 is 5.11 Å². The third-order valence-electron chi connectivity index (χ3n) is 3.08. The van der Waals surface area contributed by atoms with Crippen LogP contribution < -0.4 is 5.32 Å². The first-order valence-electron chi connectivity index (χ1n) is 6.10. The van der Waals surface area contributed by atoms with Gasteiger partial charge in [0.1, 0.15) is 0 Å². The Morgan fingerprint density at radius 2 is 1.88 bits per heavy atom. The third-order valence-corrected chi connectivity index (χ3v) is 3.08. The highest BCUT2D eigenvalue weighted by molar-refractivity contribution is 5.15. The van der Waals surface area contributed by atoms with Crippen molar-refractivity contribution in [1.82, 2.24) is 5.32 Å². The van der Waals surface area contributed by atoms with Crippen molar-refractivity contribution in [2.45, 2.75) is 38.6 Å². The van der Waals surface area contributed by atoms with Crippen molar-refractivity contribution in [3.8, 4) is 0 Å². The van der Waals surface area contributed by atoms with E-state index in [2.05, 4.69) is 43.4 Å². The summed E-state index contributed by atoms with van der Waals surface area (Å²) < 4.78 is 0. The molecular weight excluding hydrogens is 198 g/mol. The van der Waals surface area contributed by atoms with E-state index in [-0.39, 0.29) is 12.1 Å². The second-order valence-corrected chi connectivity index (χ2v) is 4.55. The summed E-state index contributed by atoms with van der Waals surface area (Å²) in [6.07, 6.45) is 2.93. The molecule has 0 aliphatic rings. The molecule has 1 atom stereocenters. The van der Waals surface area contributed by atoms with Gasteiger partial charge in [-0.2, -0.15) is 0 Å². The predicted octanol–water partition coefficient (Wildman–Crippen LogP) is 2.37. The smallest absolute Gasteiger partial charge is 0.0448 e. The van der Waals surface area contributed by atoms with Crippen molar-refractivity contribution in [2.24, 2.45) is 0 Å². The van der Waals surface area contributed by atoms with Gasteiger partial charge in [0.15, 0.2) is 0 Å². The Labute approximate surface area is 98.7 Å². The summed E-state index contributed by atoms with van der Waals surface area (Å²) in [6.45, 7) is 5.50. The van der Waals surface area contributed by atoms with Gasteiger partial charge in [-0.05, 0) is 38.3 Å². The lowest BCUT2D eigenvalue weighted by Crippen LogP contribution is -2.43. The number of aliphatic hydroxyl groups is 1. The third kappa shape index (κ3) is 4.33. The Kier molecular flexibility index (Phi) is 5.50. The molecule has 0 fully saturated rings. The van der Waals surface area contributed by atoms with Crippen LogP contribution in [0.1, 0.15) is 32.3 Å². The minimum absolute atomic E-state index is 0.0549. The molecule has 0 aliphatic carbocycles. The van der Waals surface area contributed by atoms with E-state index < -0.39 is 0 Å². The summed E-state index contributed by atoms with van der Waals surface area (Å²) in [5.41, 5.74) is 1.42. The Morgan fingerprint density at radius 3 is 2.44 bits per heavy atom. The zero-order valence-electron chi connectivity index (χ0n) is 10.4. The SMILES string of the molecule is CCNC(C)(CCO)CCc1ccccc1. The Bertz CT molecular complexity index is 278. The number of aliphatic hydroxyl groups excluding tert-OH is 1. The molecule has 0 amide bonds. The molecule has 0 bridgehead atoms. The zero-order chi connectivity index (χ0) is 11.9. The molecule has 90 valence electrons. The molecule has 0 aromatic heterocycles. The first kappa shape index (κ1) is 13.2. The first-order valence-corrected chi connectivity index (χ1v) is 6.10. The van der Waals surface area contributed by atoms with Gasteiger partial charge in [0.2, 0.25) is 0 Å². The fourth-order valence-electron chi connectivity index (χ4n) is 2.04. The molecule has 2 heteroatoms. The van der Waals surface area contributed by atoms with Crippen LogP contribution in [0.25, 0.3) is 0 Å². The van der Waals surface area contributed by atoms with Crippen molar-refractivity contribution in [3.05, 3.63) is 35.9 Å². The summed E-state index contributed by atoms with van der Waals surface area (Å²) in [6, 6.07) is 10.5. The zero-order valence-corrected chi connectivity index (χ0v) is 10.4. The van der Waals surface area contributed by atoms with Gasteiger partial charge in [0.05, 0.1) is 0 Å². The second kappa shape index (κ2) is 6.66. The van der Waals surface area contributed by atoms with Gasteiger partial charge in [-0.1, -0.05) is 37.3 Å². The number of hydrogen-bond donors (Lipinski definition) is 2. The van der Waals surface area contributed by atoms with Crippen molar-refractivity contribution >= 4 is 0 Å². The fraction of sp³-hybridized carbons (Fsp3) is 0.571. The second-order valence-electron chi connectivity index (χ2n) is 4.55. The van der Waals surface area contributed by atoms with Gasteiger partial charge >= 0.3 is 0 Å². The lowest BCUT2D eigenvalue weighted by Gasteiger charge is -2.30. The summed E-state index contributed by atoms with van der Waals surface area (Å²) >= 11 is 0. The molecule has 1 rings (SSSR count). The van der Waals surface area contributed by atoms with E-state index in [1.165, 1.54) is 5.56 Å². The standard InChI is InChI=1S/C14H23NO/c1-3-15-14(2,11-12-16)10-9-13-7-5-4-6-8-13/h4-8,15-16H,3,9-12H2,1-2H3. The molecule has 0 radical (unpaired) electrons. The number of hydrogen-bond acceptors (Lipinski definition) is 2. The number of nitrogens with one attached hydrogen (secondary N) is 1. The van der Waals surface area contributed by atoms with E-state index in [1.54, 1.807) is 0 Å². The quantitative estimate of drug-likeness (QED) is 0.741. The normalized spacial score (nSPS) is 14.7.